The first-order chi connectivity index (χ1) is 10.1. The molecule has 1 saturated heterocycles. The van der Waals surface area contributed by atoms with E-state index in [1.807, 2.05) is 29.3 Å². The molecule has 0 saturated carbocycles. The van der Waals surface area contributed by atoms with Crippen LogP contribution in [0.4, 0.5) is 0 Å². The van der Waals surface area contributed by atoms with Crippen molar-refractivity contribution in [1.82, 2.24) is 10.0 Å². The maximum absolute atomic E-state index is 12.0. The predicted octanol–water partition coefficient (Wildman–Crippen LogP) is 1.87. The number of aliphatic carboxylic acids is 1. The molecule has 1 heterocycles. The summed E-state index contributed by atoms with van der Waals surface area (Å²) in [5.41, 5.74) is 2.01. The standard InChI is InChI=1S/C16H21N2O3.W/c1-2-17-10-4-7-15(19)18(17)12-14-6-3-5-13(11-14)8-9-16(20)21;/h3,5-6,11H,1-2,4,7-10,12H2,(H,20,21);/q-1;. The Labute approximate surface area is 145 Å². The van der Waals surface area contributed by atoms with Gasteiger partial charge in [0, 0.05) is 40.5 Å². The summed E-state index contributed by atoms with van der Waals surface area (Å²) < 4.78 is 0. The first-order valence-electron chi connectivity index (χ1n) is 7.24. The molecule has 1 aromatic carbocycles. The van der Waals surface area contributed by atoms with E-state index >= 15 is 0 Å². The molecule has 0 atom stereocenters. The number of amides is 1. The van der Waals surface area contributed by atoms with Crippen LogP contribution in [0.3, 0.4) is 0 Å². The molecule has 1 fully saturated rings. The van der Waals surface area contributed by atoms with E-state index in [0.29, 0.717) is 25.9 Å². The molecule has 5 nitrogen and oxygen atoms in total. The molecule has 6 heteroatoms. The summed E-state index contributed by atoms with van der Waals surface area (Å²) in [6.07, 6.45) is 2.09. The molecule has 1 N–H and O–H groups in total. The smallest absolute Gasteiger partial charge is 0.303 e. The quantitative estimate of drug-likeness (QED) is 0.642. The van der Waals surface area contributed by atoms with Crippen LogP contribution in [0.2, 0.25) is 0 Å². The van der Waals surface area contributed by atoms with Crippen LogP contribution in [-0.2, 0) is 43.6 Å². The molecule has 0 aliphatic carbocycles. The van der Waals surface area contributed by atoms with Crippen molar-refractivity contribution in [3.05, 3.63) is 42.3 Å². The van der Waals surface area contributed by atoms with Crippen molar-refractivity contribution in [2.24, 2.45) is 0 Å². The van der Waals surface area contributed by atoms with E-state index in [9.17, 15) is 9.59 Å². The van der Waals surface area contributed by atoms with Gasteiger partial charge in [0.1, 0.15) is 0 Å². The fraction of sp³-hybridized carbons (Fsp3) is 0.438. The fourth-order valence-corrected chi connectivity index (χ4v) is 2.55. The molecule has 1 aliphatic rings. The van der Waals surface area contributed by atoms with Gasteiger partial charge in [0.05, 0.1) is 6.54 Å². The Bertz CT molecular complexity index is 522. The summed E-state index contributed by atoms with van der Waals surface area (Å²) in [4.78, 5) is 22.7. The zero-order valence-corrected chi connectivity index (χ0v) is 15.5. The summed E-state index contributed by atoms with van der Waals surface area (Å²) in [6, 6.07) is 7.78. The van der Waals surface area contributed by atoms with Crippen LogP contribution >= 0.6 is 0 Å². The van der Waals surface area contributed by atoms with Crippen LogP contribution in [0.1, 0.15) is 30.4 Å². The minimum atomic E-state index is -0.796. The van der Waals surface area contributed by atoms with Gasteiger partial charge in [-0.3, -0.25) is 14.6 Å². The van der Waals surface area contributed by atoms with Gasteiger partial charge in [-0.2, -0.15) is 0 Å². The van der Waals surface area contributed by atoms with Crippen LogP contribution in [0, 0.1) is 6.92 Å². The molecule has 22 heavy (non-hydrogen) atoms. The van der Waals surface area contributed by atoms with Gasteiger partial charge in [0.2, 0.25) is 5.91 Å². The second-order valence-corrected chi connectivity index (χ2v) is 5.22. The van der Waals surface area contributed by atoms with E-state index < -0.39 is 5.97 Å². The topological polar surface area (TPSA) is 60.9 Å². The summed E-state index contributed by atoms with van der Waals surface area (Å²) in [6.45, 7) is 5.82. The number of carboxylic acids is 1. The van der Waals surface area contributed by atoms with Crippen LogP contribution < -0.4 is 0 Å². The van der Waals surface area contributed by atoms with Crippen molar-refractivity contribution in [3.63, 3.8) is 0 Å². The normalized spacial score (nSPS) is 15.5. The molecular formula is C16H21N2O3W-. The number of aryl methyl sites for hydroxylation is 1. The average molecular weight is 473 g/mol. The Morgan fingerprint density at radius 1 is 1.32 bits per heavy atom. The minimum absolute atomic E-state index is 0. The monoisotopic (exact) mass is 473 g/mol. The zero-order chi connectivity index (χ0) is 15.2. The molecular weight excluding hydrogens is 452 g/mol. The van der Waals surface area contributed by atoms with Crippen molar-refractivity contribution in [2.45, 2.75) is 32.2 Å². The SMILES string of the molecule is [CH2-]CN1CCCC(=O)N1Cc1cccc(CCC(=O)O)c1.[W]. The Balaban J connectivity index is 0.00000242. The number of hydrogen-bond donors (Lipinski definition) is 1. The van der Waals surface area contributed by atoms with Gasteiger partial charge in [0.25, 0.3) is 0 Å². The summed E-state index contributed by atoms with van der Waals surface area (Å²) in [5.74, 6) is -0.671. The van der Waals surface area contributed by atoms with Gasteiger partial charge >= 0.3 is 5.97 Å². The number of carboxylic acid groups (broad SMARTS) is 1. The second-order valence-electron chi connectivity index (χ2n) is 5.22. The van der Waals surface area contributed by atoms with Gasteiger partial charge in [-0.25, -0.2) is 5.01 Å². The van der Waals surface area contributed by atoms with Crippen LogP contribution in [0.5, 0.6) is 0 Å². The van der Waals surface area contributed by atoms with E-state index in [0.717, 1.165) is 24.1 Å². The Hall–Kier alpha value is -1.19. The van der Waals surface area contributed by atoms with E-state index in [2.05, 4.69) is 6.92 Å². The number of rotatable bonds is 6. The average Bonchev–Trinajstić information content (AvgIpc) is 2.47. The summed E-state index contributed by atoms with van der Waals surface area (Å²) in [7, 11) is 0. The van der Waals surface area contributed by atoms with E-state index in [-0.39, 0.29) is 33.4 Å². The number of hydrogen-bond acceptors (Lipinski definition) is 3. The molecule has 0 unspecified atom stereocenters. The van der Waals surface area contributed by atoms with Crippen LogP contribution in [0.25, 0.3) is 0 Å². The molecule has 2 rings (SSSR count). The number of nitrogens with zero attached hydrogens (tertiary/aromatic N) is 2. The molecule has 120 valence electrons. The molecule has 1 aromatic rings. The van der Waals surface area contributed by atoms with Gasteiger partial charge in [-0.15, -0.1) is 6.54 Å². The van der Waals surface area contributed by atoms with E-state index in [1.54, 1.807) is 5.01 Å². The fourth-order valence-electron chi connectivity index (χ4n) is 2.55. The third kappa shape index (κ3) is 5.22. The van der Waals surface area contributed by atoms with Crippen molar-refractivity contribution >= 4 is 11.9 Å². The molecule has 0 aromatic heterocycles. The van der Waals surface area contributed by atoms with Gasteiger partial charge in [0.15, 0.2) is 0 Å². The minimum Gasteiger partial charge on any atom is -0.481 e. The van der Waals surface area contributed by atoms with Crippen LogP contribution in [-0.4, -0.2) is 40.1 Å². The molecule has 0 bridgehead atoms. The van der Waals surface area contributed by atoms with Crippen molar-refractivity contribution in [1.29, 1.82) is 0 Å². The Morgan fingerprint density at radius 2 is 2.05 bits per heavy atom. The molecule has 0 radical (unpaired) electrons. The number of carbonyl (C=O) groups is 2. The third-order valence-corrected chi connectivity index (χ3v) is 3.65. The number of benzene rings is 1. The third-order valence-electron chi connectivity index (χ3n) is 3.65. The zero-order valence-electron chi connectivity index (χ0n) is 12.5. The van der Waals surface area contributed by atoms with Gasteiger partial charge < -0.3 is 12.0 Å². The van der Waals surface area contributed by atoms with E-state index in [1.165, 1.54) is 0 Å². The maximum Gasteiger partial charge on any atom is 0.303 e. The van der Waals surface area contributed by atoms with Crippen molar-refractivity contribution in [3.8, 4) is 0 Å². The maximum atomic E-state index is 12.0. The second kappa shape index (κ2) is 9.06. The summed E-state index contributed by atoms with van der Waals surface area (Å²) in [5, 5.41) is 12.5. The van der Waals surface area contributed by atoms with Gasteiger partial charge in [-0.05, 0) is 24.0 Å². The van der Waals surface area contributed by atoms with E-state index in [4.69, 9.17) is 5.11 Å². The van der Waals surface area contributed by atoms with Crippen molar-refractivity contribution in [2.75, 3.05) is 13.1 Å². The Morgan fingerprint density at radius 3 is 2.73 bits per heavy atom. The first-order valence-corrected chi connectivity index (χ1v) is 7.24. The molecule has 1 aliphatic heterocycles. The molecule has 1 amide bonds. The summed E-state index contributed by atoms with van der Waals surface area (Å²) >= 11 is 0. The predicted molar refractivity (Wildman–Crippen MR) is 79.1 cm³/mol. The van der Waals surface area contributed by atoms with Gasteiger partial charge in [-0.1, -0.05) is 24.3 Å². The number of carbonyl (C=O) groups excluding carboxylic acids is 1. The van der Waals surface area contributed by atoms with Crippen molar-refractivity contribution < 1.29 is 35.8 Å². The number of hydrazine groups is 1. The largest absolute Gasteiger partial charge is 0.481 e. The van der Waals surface area contributed by atoms with Crippen LogP contribution in [0.15, 0.2) is 24.3 Å². The first kappa shape index (κ1) is 18.9. The molecule has 0 spiro atoms. The Kier molecular flexibility index (Phi) is 7.77.